The number of benzene rings is 1. The van der Waals surface area contributed by atoms with Gasteiger partial charge in [0.1, 0.15) is 11.5 Å². The van der Waals surface area contributed by atoms with E-state index in [0.717, 1.165) is 0 Å². The van der Waals surface area contributed by atoms with Gasteiger partial charge in [0, 0.05) is 25.1 Å². The van der Waals surface area contributed by atoms with E-state index in [9.17, 15) is 19.7 Å². The SMILES string of the molecule is CCC1Oc2ccc([N+](=O)[O-])cc2N(CCC(C)=O)C1=O. The fourth-order valence-corrected chi connectivity index (χ4v) is 2.18. The second-order valence-electron chi connectivity index (χ2n) is 4.87. The summed E-state index contributed by atoms with van der Waals surface area (Å²) in [6.07, 6.45) is 0.0711. The van der Waals surface area contributed by atoms with Crippen LogP contribution < -0.4 is 9.64 Å². The lowest BCUT2D eigenvalue weighted by atomic mass is 10.1. The third-order valence-corrected chi connectivity index (χ3v) is 3.31. The monoisotopic (exact) mass is 292 g/mol. The van der Waals surface area contributed by atoms with Crippen LogP contribution in [0.25, 0.3) is 0 Å². The van der Waals surface area contributed by atoms with Crippen LogP contribution in [0.3, 0.4) is 0 Å². The number of hydrogen-bond acceptors (Lipinski definition) is 5. The van der Waals surface area contributed by atoms with Crippen molar-refractivity contribution in [2.75, 3.05) is 11.4 Å². The van der Waals surface area contributed by atoms with E-state index in [0.29, 0.717) is 17.9 Å². The highest BCUT2D eigenvalue weighted by Gasteiger charge is 2.34. The number of nitro groups is 1. The average Bonchev–Trinajstić information content (AvgIpc) is 2.44. The number of anilines is 1. The van der Waals surface area contributed by atoms with Gasteiger partial charge in [-0.3, -0.25) is 19.7 Å². The molecular formula is C14H16N2O5. The lowest BCUT2D eigenvalue weighted by molar-refractivity contribution is -0.384. The first-order valence-corrected chi connectivity index (χ1v) is 6.70. The number of amides is 1. The van der Waals surface area contributed by atoms with Gasteiger partial charge in [0.05, 0.1) is 10.6 Å². The van der Waals surface area contributed by atoms with Gasteiger partial charge in [-0.25, -0.2) is 0 Å². The number of fused-ring (bicyclic) bond motifs is 1. The van der Waals surface area contributed by atoms with Gasteiger partial charge in [-0.15, -0.1) is 0 Å². The predicted molar refractivity (Wildman–Crippen MR) is 75.5 cm³/mol. The van der Waals surface area contributed by atoms with E-state index in [1.807, 2.05) is 6.92 Å². The molecular weight excluding hydrogens is 276 g/mol. The summed E-state index contributed by atoms with van der Waals surface area (Å²) in [7, 11) is 0. The zero-order valence-corrected chi connectivity index (χ0v) is 11.9. The number of carbonyl (C=O) groups is 2. The van der Waals surface area contributed by atoms with Crippen LogP contribution in [0.4, 0.5) is 11.4 Å². The molecule has 0 saturated carbocycles. The summed E-state index contributed by atoms with van der Waals surface area (Å²) >= 11 is 0. The summed E-state index contributed by atoms with van der Waals surface area (Å²) in [6.45, 7) is 3.46. The molecule has 1 heterocycles. The molecule has 0 spiro atoms. The Morgan fingerprint density at radius 2 is 2.19 bits per heavy atom. The number of non-ortho nitro benzene ring substituents is 1. The topological polar surface area (TPSA) is 89.8 Å². The minimum absolute atomic E-state index is 0.0469. The molecule has 21 heavy (non-hydrogen) atoms. The molecule has 0 N–H and O–H groups in total. The molecule has 0 aromatic heterocycles. The second-order valence-corrected chi connectivity index (χ2v) is 4.87. The van der Waals surface area contributed by atoms with Crippen molar-refractivity contribution < 1.29 is 19.2 Å². The lowest BCUT2D eigenvalue weighted by Crippen LogP contribution is -2.46. The van der Waals surface area contributed by atoms with Gasteiger partial charge < -0.3 is 9.64 Å². The maximum absolute atomic E-state index is 12.3. The van der Waals surface area contributed by atoms with Crippen molar-refractivity contribution in [3.63, 3.8) is 0 Å². The van der Waals surface area contributed by atoms with Crippen molar-refractivity contribution in [2.45, 2.75) is 32.8 Å². The van der Waals surface area contributed by atoms with E-state index in [4.69, 9.17) is 4.74 Å². The lowest BCUT2D eigenvalue weighted by Gasteiger charge is -2.33. The number of Topliss-reactive ketones (excluding diaryl/α,β-unsaturated/α-hetero) is 1. The van der Waals surface area contributed by atoms with Gasteiger partial charge in [0.15, 0.2) is 6.10 Å². The Bertz CT molecular complexity index is 599. The fraction of sp³-hybridized carbons (Fsp3) is 0.429. The maximum Gasteiger partial charge on any atom is 0.271 e. The van der Waals surface area contributed by atoms with Crippen LogP contribution in [0.15, 0.2) is 18.2 Å². The van der Waals surface area contributed by atoms with Crippen LogP contribution in [0.5, 0.6) is 5.75 Å². The zero-order chi connectivity index (χ0) is 15.6. The number of ether oxygens (including phenoxy) is 1. The van der Waals surface area contributed by atoms with Crippen molar-refractivity contribution in [1.82, 2.24) is 0 Å². The van der Waals surface area contributed by atoms with E-state index >= 15 is 0 Å². The third kappa shape index (κ3) is 3.01. The highest BCUT2D eigenvalue weighted by atomic mass is 16.6. The summed E-state index contributed by atoms with van der Waals surface area (Å²) in [5, 5.41) is 10.9. The van der Waals surface area contributed by atoms with Crippen LogP contribution in [0, 0.1) is 10.1 Å². The largest absolute Gasteiger partial charge is 0.478 e. The molecule has 0 radical (unpaired) electrons. The Balaban J connectivity index is 2.41. The summed E-state index contributed by atoms with van der Waals surface area (Å²) in [4.78, 5) is 35.2. The number of carbonyl (C=O) groups excluding carboxylic acids is 2. The fourth-order valence-electron chi connectivity index (χ4n) is 2.18. The molecule has 0 aliphatic carbocycles. The van der Waals surface area contributed by atoms with Crippen molar-refractivity contribution in [2.24, 2.45) is 0 Å². The van der Waals surface area contributed by atoms with Gasteiger partial charge in [-0.05, 0) is 19.4 Å². The van der Waals surface area contributed by atoms with Crippen LogP contribution in [-0.4, -0.2) is 29.3 Å². The molecule has 1 aromatic carbocycles. The van der Waals surface area contributed by atoms with Gasteiger partial charge >= 0.3 is 0 Å². The molecule has 112 valence electrons. The maximum atomic E-state index is 12.3. The molecule has 7 nitrogen and oxygen atoms in total. The molecule has 0 saturated heterocycles. The second kappa shape index (κ2) is 5.90. The van der Waals surface area contributed by atoms with E-state index in [2.05, 4.69) is 0 Å². The van der Waals surface area contributed by atoms with Gasteiger partial charge in [-0.2, -0.15) is 0 Å². The van der Waals surface area contributed by atoms with E-state index in [1.165, 1.54) is 30.0 Å². The molecule has 1 atom stereocenters. The highest BCUT2D eigenvalue weighted by Crippen LogP contribution is 2.37. The standard InChI is InChI=1S/C14H16N2O5/c1-3-12-14(18)15(7-6-9(2)17)11-8-10(16(19)20)4-5-13(11)21-12/h4-5,8,12H,3,6-7H2,1-2H3. The van der Waals surface area contributed by atoms with E-state index < -0.39 is 11.0 Å². The normalized spacial score (nSPS) is 17.1. The molecule has 2 rings (SSSR count). The number of hydrogen-bond donors (Lipinski definition) is 0. The zero-order valence-electron chi connectivity index (χ0n) is 11.9. The van der Waals surface area contributed by atoms with Crippen LogP contribution >= 0.6 is 0 Å². The first-order chi connectivity index (χ1) is 9.93. The summed E-state index contributed by atoms with van der Waals surface area (Å²) in [5.74, 6) is 0.108. The van der Waals surface area contributed by atoms with Gasteiger partial charge in [-0.1, -0.05) is 6.92 Å². The van der Waals surface area contributed by atoms with Gasteiger partial charge in [0.2, 0.25) is 0 Å². The summed E-state index contributed by atoms with van der Waals surface area (Å²) < 4.78 is 5.57. The van der Waals surface area contributed by atoms with Crippen LogP contribution in [0.1, 0.15) is 26.7 Å². The molecule has 1 aliphatic heterocycles. The van der Waals surface area contributed by atoms with Crippen molar-refractivity contribution >= 4 is 23.1 Å². The van der Waals surface area contributed by atoms with Crippen molar-refractivity contribution in [3.8, 4) is 5.75 Å². The Hall–Kier alpha value is -2.44. The van der Waals surface area contributed by atoms with E-state index in [1.54, 1.807) is 0 Å². The quantitative estimate of drug-likeness (QED) is 0.612. The predicted octanol–water partition coefficient (Wildman–Crippen LogP) is 2.08. The summed E-state index contributed by atoms with van der Waals surface area (Å²) in [6, 6.07) is 4.13. The first kappa shape index (κ1) is 15.0. The van der Waals surface area contributed by atoms with Crippen molar-refractivity contribution in [3.05, 3.63) is 28.3 Å². The molecule has 1 amide bonds. The average molecular weight is 292 g/mol. The third-order valence-electron chi connectivity index (χ3n) is 3.31. The number of nitro benzene ring substituents is 1. The molecule has 0 fully saturated rings. The Labute approximate surface area is 121 Å². The number of ketones is 1. The molecule has 0 bridgehead atoms. The molecule has 1 unspecified atom stereocenters. The Morgan fingerprint density at radius 1 is 1.48 bits per heavy atom. The Morgan fingerprint density at radius 3 is 2.76 bits per heavy atom. The molecule has 1 aromatic rings. The van der Waals surface area contributed by atoms with Crippen LogP contribution in [0.2, 0.25) is 0 Å². The Kier molecular flexibility index (Phi) is 4.21. The number of nitrogens with zero attached hydrogens (tertiary/aromatic N) is 2. The van der Waals surface area contributed by atoms with Crippen molar-refractivity contribution in [1.29, 1.82) is 0 Å². The number of rotatable bonds is 5. The summed E-state index contributed by atoms with van der Waals surface area (Å²) in [5.41, 5.74) is 0.230. The minimum atomic E-state index is -0.620. The molecule has 7 heteroatoms. The molecule has 1 aliphatic rings. The highest BCUT2D eigenvalue weighted by molar-refractivity contribution is 6.00. The first-order valence-electron chi connectivity index (χ1n) is 6.70. The van der Waals surface area contributed by atoms with Gasteiger partial charge in [0.25, 0.3) is 11.6 Å². The van der Waals surface area contributed by atoms with E-state index in [-0.39, 0.29) is 30.3 Å². The van der Waals surface area contributed by atoms with Crippen LogP contribution in [-0.2, 0) is 9.59 Å². The minimum Gasteiger partial charge on any atom is -0.478 e. The smallest absolute Gasteiger partial charge is 0.271 e.